The quantitative estimate of drug-likeness (QED) is 0.774. The summed E-state index contributed by atoms with van der Waals surface area (Å²) >= 11 is 1.76. The Hall–Kier alpha value is -0.510. The van der Waals surface area contributed by atoms with E-state index in [-0.39, 0.29) is 6.61 Å². The number of aliphatic hydroxyl groups excluding tert-OH is 1. The first-order valence-electron chi connectivity index (χ1n) is 5.13. The summed E-state index contributed by atoms with van der Waals surface area (Å²) in [5.74, 6) is 0.990. The number of thioether (sulfide) groups is 1. The zero-order valence-corrected chi connectivity index (χ0v) is 9.96. The zero-order valence-electron chi connectivity index (χ0n) is 9.15. The second kappa shape index (κ2) is 6.16. The van der Waals surface area contributed by atoms with Crippen LogP contribution in [0.15, 0.2) is 30.3 Å². The van der Waals surface area contributed by atoms with Gasteiger partial charge in [0.15, 0.2) is 0 Å². The largest absolute Gasteiger partial charge is 0.394 e. The van der Waals surface area contributed by atoms with E-state index in [2.05, 4.69) is 18.4 Å². The molecule has 3 N–H and O–H groups in total. The minimum atomic E-state index is -0.468. The third kappa shape index (κ3) is 4.24. The summed E-state index contributed by atoms with van der Waals surface area (Å²) in [5, 5.41) is 9.34. The van der Waals surface area contributed by atoms with E-state index < -0.39 is 5.54 Å². The van der Waals surface area contributed by atoms with Crippen LogP contribution in [-0.2, 0) is 6.42 Å². The second-order valence-corrected chi connectivity index (χ2v) is 4.91. The molecule has 84 valence electrons. The van der Waals surface area contributed by atoms with Crippen molar-refractivity contribution in [3.8, 4) is 0 Å². The monoisotopic (exact) mass is 225 g/mol. The molecule has 1 aromatic carbocycles. The van der Waals surface area contributed by atoms with Crippen molar-refractivity contribution < 1.29 is 5.11 Å². The fraction of sp³-hybridized carbons (Fsp3) is 0.500. The molecule has 1 atom stereocenters. The Morgan fingerprint density at radius 2 is 2.00 bits per heavy atom. The molecule has 0 amide bonds. The average molecular weight is 225 g/mol. The Bertz CT molecular complexity index is 278. The minimum Gasteiger partial charge on any atom is -0.394 e. The van der Waals surface area contributed by atoms with Gasteiger partial charge in [0.2, 0.25) is 0 Å². The lowest BCUT2D eigenvalue weighted by molar-refractivity contribution is 0.191. The first-order chi connectivity index (χ1) is 7.20. The van der Waals surface area contributed by atoms with Crippen LogP contribution in [-0.4, -0.2) is 29.3 Å². The van der Waals surface area contributed by atoms with E-state index >= 15 is 0 Å². The van der Waals surface area contributed by atoms with Crippen LogP contribution in [0.2, 0.25) is 0 Å². The SMILES string of the molecule is CSCCC(N)(CO)Cc1ccccc1. The predicted octanol–water partition coefficient (Wildman–Crippen LogP) is 1.67. The molecule has 0 heterocycles. The van der Waals surface area contributed by atoms with Crippen molar-refractivity contribution in [2.24, 2.45) is 5.73 Å². The van der Waals surface area contributed by atoms with Crippen molar-refractivity contribution >= 4 is 11.8 Å². The van der Waals surface area contributed by atoms with E-state index in [1.54, 1.807) is 11.8 Å². The van der Waals surface area contributed by atoms with Gasteiger partial charge in [-0.2, -0.15) is 11.8 Å². The number of nitrogens with two attached hydrogens (primary N) is 1. The van der Waals surface area contributed by atoms with Gasteiger partial charge in [0.05, 0.1) is 6.61 Å². The molecule has 0 aliphatic carbocycles. The predicted molar refractivity (Wildman–Crippen MR) is 67.1 cm³/mol. The maximum atomic E-state index is 9.34. The standard InChI is InChI=1S/C12H19NOS/c1-15-8-7-12(13,10-14)9-11-5-3-2-4-6-11/h2-6,14H,7-10,13H2,1H3. The van der Waals surface area contributed by atoms with Gasteiger partial charge in [0, 0.05) is 5.54 Å². The molecule has 3 heteroatoms. The molecular weight excluding hydrogens is 206 g/mol. The Balaban J connectivity index is 2.59. The molecule has 0 saturated carbocycles. The first-order valence-corrected chi connectivity index (χ1v) is 6.52. The van der Waals surface area contributed by atoms with E-state index in [1.165, 1.54) is 5.56 Å². The minimum absolute atomic E-state index is 0.0441. The van der Waals surface area contributed by atoms with Crippen molar-refractivity contribution in [3.05, 3.63) is 35.9 Å². The molecule has 0 saturated heterocycles. The Morgan fingerprint density at radius 1 is 1.33 bits per heavy atom. The van der Waals surface area contributed by atoms with Crippen molar-refractivity contribution in [2.75, 3.05) is 18.6 Å². The third-order valence-corrected chi connectivity index (χ3v) is 3.13. The summed E-state index contributed by atoms with van der Waals surface area (Å²) < 4.78 is 0. The molecule has 0 aliphatic heterocycles. The van der Waals surface area contributed by atoms with Gasteiger partial charge in [0.25, 0.3) is 0 Å². The smallest absolute Gasteiger partial charge is 0.0614 e. The van der Waals surface area contributed by atoms with Gasteiger partial charge in [-0.05, 0) is 30.4 Å². The number of hydrogen-bond acceptors (Lipinski definition) is 3. The molecule has 0 radical (unpaired) electrons. The second-order valence-electron chi connectivity index (χ2n) is 3.93. The van der Waals surface area contributed by atoms with Gasteiger partial charge in [-0.25, -0.2) is 0 Å². The zero-order chi connectivity index (χ0) is 11.1. The summed E-state index contributed by atoms with van der Waals surface area (Å²) in [4.78, 5) is 0. The van der Waals surface area contributed by atoms with Crippen molar-refractivity contribution in [3.63, 3.8) is 0 Å². The van der Waals surface area contributed by atoms with Gasteiger partial charge in [-0.1, -0.05) is 30.3 Å². The van der Waals surface area contributed by atoms with Crippen LogP contribution in [0.4, 0.5) is 0 Å². The Kier molecular flexibility index (Phi) is 5.15. The van der Waals surface area contributed by atoms with Crippen molar-refractivity contribution in [2.45, 2.75) is 18.4 Å². The summed E-state index contributed by atoms with van der Waals surface area (Å²) in [6.45, 7) is 0.0441. The normalized spacial score (nSPS) is 14.9. The van der Waals surface area contributed by atoms with Crippen LogP contribution in [0.25, 0.3) is 0 Å². The van der Waals surface area contributed by atoms with Gasteiger partial charge < -0.3 is 10.8 Å². The van der Waals surface area contributed by atoms with Gasteiger partial charge in [-0.3, -0.25) is 0 Å². The highest BCUT2D eigenvalue weighted by Gasteiger charge is 2.23. The molecule has 2 nitrogen and oxygen atoms in total. The van der Waals surface area contributed by atoms with Gasteiger partial charge in [-0.15, -0.1) is 0 Å². The molecule has 1 aromatic rings. The lowest BCUT2D eigenvalue weighted by Crippen LogP contribution is -2.46. The molecule has 15 heavy (non-hydrogen) atoms. The Morgan fingerprint density at radius 3 is 2.53 bits per heavy atom. The number of benzene rings is 1. The van der Waals surface area contributed by atoms with E-state index in [9.17, 15) is 5.11 Å². The van der Waals surface area contributed by atoms with Crippen LogP contribution in [0.3, 0.4) is 0 Å². The van der Waals surface area contributed by atoms with Crippen LogP contribution in [0.5, 0.6) is 0 Å². The van der Waals surface area contributed by atoms with E-state index in [0.717, 1.165) is 18.6 Å². The molecule has 0 aliphatic rings. The third-order valence-electron chi connectivity index (χ3n) is 2.52. The highest BCUT2D eigenvalue weighted by Crippen LogP contribution is 2.16. The summed E-state index contributed by atoms with van der Waals surface area (Å²) in [6.07, 6.45) is 3.64. The Labute approximate surface area is 95.9 Å². The molecule has 0 fully saturated rings. The molecular formula is C12H19NOS. The summed E-state index contributed by atoms with van der Waals surface area (Å²) in [7, 11) is 0. The topological polar surface area (TPSA) is 46.2 Å². The lowest BCUT2D eigenvalue weighted by atomic mass is 9.90. The van der Waals surface area contributed by atoms with Crippen LogP contribution in [0, 0.1) is 0 Å². The number of rotatable bonds is 6. The van der Waals surface area contributed by atoms with Crippen LogP contribution in [0.1, 0.15) is 12.0 Å². The highest BCUT2D eigenvalue weighted by molar-refractivity contribution is 7.98. The molecule has 0 aromatic heterocycles. The fourth-order valence-electron chi connectivity index (χ4n) is 1.53. The molecule has 1 unspecified atom stereocenters. The van der Waals surface area contributed by atoms with E-state index in [4.69, 9.17) is 5.73 Å². The maximum absolute atomic E-state index is 9.34. The van der Waals surface area contributed by atoms with E-state index in [1.807, 2.05) is 18.2 Å². The summed E-state index contributed by atoms with van der Waals surface area (Å²) in [6, 6.07) is 10.1. The van der Waals surface area contributed by atoms with Crippen molar-refractivity contribution in [1.82, 2.24) is 0 Å². The maximum Gasteiger partial charge on any atom is 0.0614 e. The van der Waals surface area contributed by atoms with Gasteiger partial charge >= 0.3 is 0 Å². The molecule has 0 bridgehead atoms. The number of aliphatic hydroxyl groups is 1. The van der Waals surface area contributed by atoms with Crippen molar-refractivity contribution in [1.29, 1.82) is 0 Å². The average Bonchev–Trinajstić information content (AvgIpc) is 2.28. The highest BCUT2D eigenvalue weighted by atomic mass is 32.2. The number of hydrogen-bond donors (Lipinski definition) is 2. The lowest BCUT2D eigenvalue weighted by Gasteiger charge is -2.27. The van der Waals surface area contributed by atoms with Crippen LogP contribution < -0.4 is 5.73 Å². The summed E-state index contributed by atoms with van der Waals surface area (Å²) in [5.41, 5.74) is 6.87. The van der Waals surface area contributed by atoms with E-state index in [0.29, 0.717) is 0 Å². The first kappa shape index (κ1) is 12.6. The fourth-order valence-corrected chi connectivity index (χ4v) is 2.14. The molecule has 1 rings (SSSR count). The van der Waals surface area contributed by atoms with Crippen LogP contribution >= 0.6 is 11.8 Å². The van der Waals surface area contributed by atoms with Gasteiger partial charge in [0.1, 0.15) is 0 Å². The molecule has 0 spiro atoms.